The zero-order valence-electron chi connectivity index (χ0n) is 13.0. The standard InChI is InChI=1S/C17H25N3O/c1-19(2)13-15-8-10-20(11-9-15)17(21)7-6-14-4-3-5-16(18)12-14/h3-7,12,15H,8-11,13,18H2,1-2H3/b7-6+. The van der Waals surface area contributed by atoms with Gasteiger partial charge >= 0.3 is 0 Å². The summed E-state index contributed by atoms with van der Waals surface area (Å²) in [6.45, 7) is 2.83. The number of nitrogens with two attached hydrogens (primary N) is 1. The molecule has 0 radical (unpaired) electrons. The van der Waals surface area contributed by atoms with E-state index in [2.05, 4.69) is 19.0 Å². The monoisotopic (exact) mass is 287 g/mol. The molecule has 0 saturated carbocycles. The summed E-state index contributed by atoms with van der Waals surface area (Å²) in [5, 5.41) is 0. The van der Waals surface area contributed by atoms with Crippen molar-refractivity contribution in [2.75, 3.05) is 39.5 Å². The third-order valence-corrected chi connectivity index (χ3v) is 3.88. The number of anilines is 1. The molecule has 0 aliphatic carbocycles. The lowest BCUT2D eigenvalue weighted by molar-refractivity contribution is -0.127. The Morgan fingerprint density at radius 2 is 2.10 bits per heavy atom. The van der Waals surface area contributed by atoms with Crippen molar-refractivity contribution < 1.29 is 4.79 Å². The van der Waals surface area contributed by atoms with Crippen LogP contribution in [0.25, 0.3) is 6.08 Å². The number of benzene rings is 1. The molecule has 2 N–H and O–H groups in total. The zero-order chi connectivity index (χ0) is 15.2. The van der Waals surface area contributed by atoms with Gasteiger partial charge in [0, 0.05) is 31.4 Å². The van der Waals surface area contributed by atoms with Crippen LogP contribution in [0.4, 0.5) is 5.69 Å². The van der Waals surface area contributed by atoms with E-state index in [1.165, 1.54) is 0 Å². The summed E-state index contributed by atoms with van der Waals surface area (Å²) in [6, 6.07) is 7.55. The lowest BCUT2D eigenvalue weighted by Gasteiger charge is -2.32. The summed E-state index contributed by atoms with van der Waals surface area (Å²) in [7, 11) is 4.21. The molecular weight excluding hydrogens is 262 g/mol. The lowest BCUT2D eigenvalue weighted by Crippen LogP contribution is -2.39. The Labute approximate surface area is 127 Å². The number of nitrogens with zero attached hydrogens (tertiary/aromatic N) is 2. The van der Waals surface area contributed by atoms with Crippen LogP contribution in [0, 0.1) is 5.92 Å². The Kier molecular flexibility index (Phi) is 5.39. The third-order valence-electron chi connectivity index (χ3n) is 3.88. The second-order valence-electron chi connectivity index (χ2n) is 6.03. The molecule has 21 heavy (non-hydrogen) atoms. The van der Waals surface area contributed by atoms with Gasteiger partial charge in [0.25, 0.3) is 0 Å². The van der Waals surface area contributed by atoms with Gasteiger partial charge in [0.2, 0.25) is 5.91 Å². The van der Waals surface area contributed by atoms with E-state index in [0.717, 1.165) is 38.0 Å². The van der Waals surface area contributed by atoms with Gasteiger partial charge in [-0.1, -0.05) is 12.1 Å². The van der Waals surface area contributed by atoms with Crippen LogP contribution in [0.3, 0.4) is 0 Å². The molecule has 114 valence electrons. The fourth-order valence-electron chi connectivity index (χ4n) is 2.79. The summed E-state index contributed by atoms with van der Waals surface area (Å²) >= 11 is 0. The average Bonchev–Trinajstić information content (AvgIpc) is 2.45. The maximum atomic E-state index is 12.2. The van der Waals surface area contributed by atoms with E-state index in [4.69, 9.17) is 5.73 Å². The first-order chi connectivity index (χ1) is 10.0. The Balaban J connectivity index is 1.85. The van der Waals surface area contributed by atoms with Crippen molar-refractivity contribution in [2.45, 2.75) is 12.8 Å². The first kappa shape index (κ1) is 15.6. The van der Waals surface area contributed by atoms with Crippen molar-refractivity contribution in [3.05, 3.63) is 35.9 Å². The molecule has 2 rings (SSSR count). The molecule has 0 spiro atoms. The van der Waals surface area contributed by atoms with Gasteiger partial charge in [-0.25, -0.2) is 0 Å². The van der Waals surface area contributed by atoms with Gasteiger partial charge in [0.15, 0.2) is 0 Å². The predicted molar refractivity (Wildman–Crippen MR) is 87.7 cm³/mol. The first-order valence-corrected chi connectivity index (χ1v) is 7.52. The SMILES string of the molecule is CN(C)CC1CCN(C(=O)/C=C/c2cccc(N)c2)CC1. The molecule has 1 aliphatic heterocycles. The summed E-state index contributed by atoms with van der Waals surface area (Å²) < 4.78 is 0. The number of carbonyl (C=O) groups is 1. The van der Waals surface area contributed by atoms with E-state index < -0.39 is 0 Å². The molecule has 1 amide bonds. The molecule has 0 aromatic heterocycles. The lowest BCUT2D eigenvalue weighted by atomic mass is 9.96. The van der Waals surface area contributed by atoms with Crippen LogP contribution in [0.1, 0.15) is 18.4 Å². The number of nitrogen functional groups attached to an aromatic ring is 1. The van der Waals surface area contributed by atoms with Gasteiger partial charge in [-0.3, -0.25) is 4.79 Å². The minimum absolute atomic E-state index is 0.0979. The number of piperidine rings is 1. The first-order valence-electron chi connectivity index (χ1n) is 7.52. The number of hydrogen-bond acceptors (Lipinski definition) is 3. The van der Waals surface area contributed by atoms with E-state index in [1.54, 1.807) is 6.08 Å². The fourth-order valence-corrected chi connectivity index (χ4v) is 2.79. The smallest absolute Gasteiger partial charge is 0.246 e. The van der Waals surface area contributed by atoms with Crippen LogP contribution < -0.4 is 5.73 Å². The molecule has 0 atom stereocenters. The quantitative estimate of drug-likeness (QED) is 0.681. The number of carbonyl (C=O) groups excluding carboxylic acids is 1. The molecule has 4 nitrogen and oxygen atoms in total. The Hall–Kier alpha value is -1.81. The highest BCUT2D eigenvalue weighted by Crippen LogP contribution is 2.18. The molecule has 1 fully saturated rings. The van der Waals surface area contributed by atoms with Crippen LogP contribution >= 0.6 is 0 Å². The highest BCUT2D eigenvalue weighted by atomic mass is 16.2. The van der Waals surface area contributed by atoms with Crippen LogP contribution in [-0.2, 0) is 4.79 Å². The summed E-state index contributed by atoms with van der Waals surface area (Å²) in [5.74, 6) is 0.808. The van der Waals surface area contributed by atoms with E-state index in [1.807, 2.05) is 35.2 Å². The van der Waals surface area contributed by atoms with Gasteiger partial charge in [0.1, 0.15) is 0 Å². The number of rotatable bonds is 4. The Morgan fingerprint density at radius 1 is 1.38 bits per heavy atom. The van der Waals surface area contributed by atoms with E-state index in [-0.39, 0.29) is 5.91 Å². The maximum Gasteiger partial charge on any atom is 0.246 e. The van der Waals surface area contributed by atoms with Crippen molar-refractivity contribution in [3.8, 4) is 0 Å². The van der Waals surface area contributed by atoms with Gasteiger partial charge in [-0.2, -0.15) is 0 Å². The van der Waals surface area contributed by atoms with Crippen molar-refractivity contribution in [3.63, 3.8) is 0 Å². The molecular formula is C17H25N3O. The topological polar surface area (TPSA) is 49.6 Å². The highest BCUT2D eigenvalue weighted by Gasteiger charge is 2.21. The summed E-state index contributed by atoms with van der Waals surface area (Å²) in [6.07, 6.45) is 5.68. The molecule has 1 heterocycles. The largest absolute Gasteiger partial charge is 0.399 e. The van der Waals surface area contributed by atoms with E-state index in [0.29, 0.717) is 11.6 Å². The molecule has 1 aromatic carbocycles. The van der Waals surface area contributed by atoms with Crippen LogP contribution in [0.15, 0.2) is 30.3 Å². The van der Waals surface area contributed by atoms with Crippen molar-refractivity contribution >= 4 is 17.7 Å². The van der Waals surface area contributed by atoms with Crippen molar-refractivity contribution in [1.29, 1.82) is 0 Å². The second-order valence-corrected chi connectivity index (χ2v) is 6.03. The van der Waals surface area contributed by atoms with E-state index in [9.17, 15) is 4.79 Å². The van der Waals surface area contributed by atoms with Gasteiger partial charge in [-0.15, -0.1) is 0 Å². The van der Waals surface area contributed by atoms with Gasteiger partial charge < -0.3 is 15.5 Å². The van der Waals surface area contributed by atoms with Gasteiger partial charge in [-0.05, 0) is 56.6 Å². The Morgan fingerprint density at radius 3 is 2.71 bits per heavy atom. The fraction of sp³-hybridized carbons (Fsp3) is 0.471. The number of likely N-dealkylation sites (tertiary alicyclic amines) is 1. The zero-order valence-corrected chi connectivity index (χ0v) is 13.0. The van der Waals surface area contributed by atoms with Crippen LogP contribution in [0.5, 0.6) is 0 Å². The van der Waals surface area contributed by atoms with Crippen molar-refractivity contribution in [1.82, 2.24) is 9.80 Å². The predicted octanol–water partition coefficient (Wildman–Crippen LogP) is 2.08. The van der Waals surface area contributed by atoms with Crippen LogP contribution in [-0.4, -0.2) is 49.4 Å². The highest BCUT2D eigenvalue weighted by molar-refractivity contribution is 5.91. The summed E-state index contributed by atoms with van der Waals surface area (Å²) in [5.41, 5.74) is 7.41. The molecule has 1 aromatic rings. The van der Waals surface area contributed by atoms with Crippen LogP contribution in [0.2, 0.25) is 0 Å². The number of amides is 1. The second kappa shape index (κ2) is 7.27. The molecule has 0 unspecified atom stereocenters. The van der Waals surface area contributed by atoms with Crippen molar-refractivity contribution in [2.24, 2.45) is 5.92 Å². The molecule has 4 heteroatoms. The minimum atomic E-state index is 0.0979. The maximum absolute atomic E-state index is 12.2. The van der Waals surface area contributed by atoms with E-state index >= 15 is 0 Å². The van der Waals surface area contributed by atoms with Gasteiger partial charge in [0.05, 0.1) is 0 Å². The third kappa shape index (κ3) is 4.90. The number of hydrogen-bond donors (Lipinski definition) is 1. The normalized spacial score (nSPS) is 16.8. The average molecular weight is 287 g/mol. The molecule has 1 saturated heterocycles. The minimum Gasteiger partial charge on any atom is -0.399 e. The molecule has 1 aliphatic rings. The molecule has 0 bridgehead atoms. The summed E-state index contributed by atoms with van der Waals surface area (Å²) in [4.78, 5) is 16.3. The Bertz CT molecular complexity index is 503.